The van der Waals surface area contributed by atoms with Crippen LogP contribution in [0.2, 0.25) is 0 Å². The molecule has 352 valence electrons. The molecule has 0 radical (unpaired) electrons. The maximum absolute atomic E-state index is 2.54. The van der Waals surface area contributed by atoms with Gasteiger partial charge in [0.05, 0.1) is 0 Å². The van der Waals surface area contributed by atoms with Crippen molar-refractivity contribution >= 4 is 34.1 Å². The quantitative estimate of drug-likeness (QED) is 0.121. The van der Waals surface area contributed by atoms with Crippen molar-refractivity contribution in [3.63, 3.8) is 0 Å². The summed E-state index contributed by atoms with van der Waals surface area (Å²) in [6.07, 6.45) is 33.3. The van der Waals surface area contributed by atoms with Crippen LogP contribution in [0, 0.1) is 0 Å². The van der Waals surface area contributed by atoms with Crippen LogP contribution in [0.25, 0.3) is 0 Å². The van der Waals surface area contributed by atoms with Gasteiger partial charge in [-0.05, 0) is 194 Å². The number of rotatable bonds is 12. The van der Waals surface area contributed by atoms with E-state index in [0.29, 0.717) is 23.7 Å². The van der Waals surface area contributed by atoms with Gasteiger partial charge in [0.2, 0.25) is 0 Å². The summed E-state index contributed by atoms with van der Waals surface area (Å²) in [5.41, 5.74) is 16.6. The van der Waals surface area contributed by atoms with Crippen molar-refractivity contribution in [1.82, 2.24) is 0 Å². The molecule has 5 saturated carbocycles. The lowest BCUT2D eigenvalue weighted by Crippen LogP contribution is -2.30. The smallest absolute Gasteiger partial charge is 0.0464 e. The number of nitrogens with zero attached hydrogens (tertiary/aromatic N) is 2. The van der Waals surface area contributed by atoms with E-state index >= 15 is 0 Å². The molecule has 0 N–H and O–H groups in total. The van der Waals surface area contributed by atoms with Crippen molar-refractivity contribution in [3.05, 3.63) is 179 Å². The SMILES string of the molecule is c1cc(C2CCCCC2)cc(N(c2ccc(C3CCCCC3)cc2)c2ccc(C3(c4ccc(N(c5ccc(C6CCCCC6)cc5)c5cccc(C6CCCCC6)c5)cc4)CCCCC3)cc2)c1. The second kappa shape index (κ2) is 21.3. The summed E-state index contributed by atoms with van der Waals surface area (Å²) in [7, 11) is 0. The summed E-state index contributed by atoms with van der Waals surface area (Å²) >= 11 is 0. The van der Waals surface area contributed by atoms with Crippen molar-refractivity contribution in [3.8, 4) is 0 Å². The molecule has 0 bridgehead atoms. The third kappa shape index (κ3) is 9.86. The Kier molecular flexibility index (Phi) is 14.2. The summed E-state index contributed by atoms with van der Waals surface area (Å²) in [6.45, 7) is 0. The van der Waals surface area contributed by atoms with Gasteiger partial charge in [0.15, 0.2) is 0 Å². The molecule has 6 aromatic carbocycles. The van der Waals surface area contributed by atoms with Gasteiger partial charge >= 0.3 is 0 Å². The topological polar surface area (TPSA) is 6.48 Å². The Morgan fingerprint density at radius 2 is 0.559 bits per heavy atom. The van der Waals surface area contributed by atoms with Gasteiger partial charge in [0.1, 0.15) is 0 Å². The predicted octanol–water partition coefficient (Wildman–Crippen LogP) is 20.1. The second-order valence-electron chi connectivity index (χ2n) is 22.1. The summed E-state index contributed by atoms with van der Waals surface area (Å²) < 4.78 is 0. The molecule has 5 aliphatic carbocycles. The number of anilines is 6. The largest absolute Gasteiger partial charge is 0.310 e. The molecule has 68 heavy (non-hydrogen) atoms. The van der Waals surface area contributed by atoms with Crippen LogP contribution in [0.5, 0.6) is 0 Å². The first kappa shape index (κ1) is 45.4. The molecule has 0 spiro atoms. The fourth-order valence-electron chi connectivity index (χ4n) is 14.0. The summed E-state index contributed by atoms with van der Waals surface area (Å²) in [4.78, 5) is 5.09. The Morgan fingerprint density at radius 3 is 0.897 bits per heavy atom. The molecule has 5 fully saturated rings. The summed E-state index contributed by atoms with van der Waals surface area (Å²) in [5.74, 6) is 2.76. The Morgan fingerprint density at radius 1 is 0.265 bits per heavy atom. The third-order valence-electron chi connectivity index (χ3n) is 17.9. The van der Waals surface area contributed by atoms with E-state index in [2.05, 4.69) is 155 Å². The average Bonchev–Trinajstić information content (AvgIpc) is 3.43. The van der Waals surface area contributed by atoms with Gasteiger partial charge in [-0.25, -0.2) is 0 Å². The van der Waals surface area contributed by atoms with Gasteiger partial charge in [-0.1, -0.05) is 169 Å². The maximum Gasteiger partial charge on any atom is 0.0464 e. The van der Waals surface area contributed by atoms with Crippen LogP contribution in [-0.4, -0.2) is 0 Å². The molecule has 0 aromatic heterocycles. The van der Waals surface area contributed by atoms with Crippen LogP contribution < -0.4 is 9.80 Å². The molecule has 0 aliphatic heterocycles. The van der Waals surface area contributed by atoms with Crippen LogP contribution in [0.4, 0.5) is 34.1 Å². The standard InChI is InChI=1S/C66H78N2/c1-6-18-50(19-7-1)54-30-38-60(39-31-54)67(64-28-16-26-56(48-64)52-22-10-3-11-23-52)62-42-34-58(35-43-62)66(46-14-5-15-47-66)59-36-44-63(45-37-59)68(61-40-32-55(33-41-61)51-20-8-2-9-21-51)65-29-17-27-57(49-65)53-24-12-4-13-25-53/h16-17,26-45,48-53H,1-15,18-25,46-47H2. The molecule has 2 heteroatoms. The van der Waals surface area contributed by atoms with E-state index in [1.165, 1.54) is 228 Å². The fourth-order valence-corrected chi connectivity index (χ4v) is 14.0. The third-order valence-corrected chi connectivity index (χ3v) is 17.9. The Bertz CT molecular complexity index is 2330. The van der Waals surface area contributed by atoms with Crippen molar-refractivity contribution in [1.29, 1.82) is 0 Å². The molecule has 6 aromatic rings. The first-order chi connectivity index (χ1) is 33.7. The van der Waals surface area contributed by atoms with Crippen LogP contribution >= 0.6 is 0 Å². The number of hydrogen-bond donors (Lipinski definition) is 0. The minimum Gasteiger partial charge on any atom is -0.310 e. The van der Waals surface area contributed by atoms with Crippen molar-refractivity contribution in [2.75, 3.05) is 9.80 Å². The van der Waals surface area contributed by atoms with Crippen LogP contribution in [0.15, 0.2) is 146 Å². The van der Waals surface area contributed by atoms with Crippen LogP contribution in [-0.2, 0) is 5.41 Å². The second-order valence-corrected chi connectivity index (χ2v) is 22.1. The van der Waals surface area contributed by atoms with Crippen molar-refractivity contribution in [2.24, 2.45) is 0 Å². The molecule has 5 aliphatic rings. The number of hydrogen-bond acceptors (Lipinski definition) is 2. The Labute approximate surface area is 410 Å². The molecule has 2 nitrogen and oxygen atoms in total. The van der Waals surface area contributed by atoms with Gasteiger partial charge in [-0.3, -0.25) is 0 Å². The van der Waals surface area contributed by atoms with E-state index in [1.807, 2.05) is 0 Å². The predicted molar refractivity (Wildman–Crippen MR) is 289 cm³/mol. The summed E-state index contributed by atoms with van der Waals surface area (Å²) in [6, 6.07) is 58.4. The first-order valence-corrected chi connectivity index (χ1v) is 27.9. The van der Waals surface area contributed by atoms with E-state index in [9.17, 15) is 0 Å². The lowest BCUT2D eigenvalue weighted by Gasteiger charge is -2.39. The van der Waals surface area contributed by atoms with E-state index < -0.39 is 0 Å². The van der Waals surface area contributed by atoms with Crippen LogP contribution in [0.3, 0.4) is 0 Å². The molecular formula is C66H78N2. The fraction of sp³-hybridized carbons (Fsp3) is 0.455. The minimum absolute atomic E-state index is 0.00391. The lowest BCUT2D eigenvalue weighted by molar-refractivity contribution is 0.346. The lowest BCUT2D eigenvalue weighted by atomic mass is 9.65. The monoisotopic (exact) mass is 899 g/mol. The van der Waals surface area contributed by atoms with Gasteiger partial charge in [-0.2, -0.15) is 0 Å². The van der Waals surface area contributed by atoms with Gasteiger partial charge in [-0.15, -0.1) is 0 Å². The van der Waals surface area contributed by atoms with E-state index in [1.54, 1.807) is 0 Å². The maximum atomic E-state index is 2.54. The Balaban J connectivity index is 0.923. The highest BCUT2D eigenvalue weighted by Crippen LogP contribution is 2.48. The van der Waals surface area contributed by atoms with E-state index in [0.717, 1.165) is 0 Å². The zero-order valence-corrected chi connectivity index (χ0v) is 41.2. The molecular weight excluding hydrogens is 821 g/mol. The van der Waals surface area contributed by atoms with Crippen LogP contribution in [0.1, 0.15) is 218 Å². The first-order valence-electron chi connectivity index (χ1n) is 27.9. The van der Waals surface area contributed by atoms with E-state index in [-0.39, 0.29) is 5.41 Å². The highest BCUT2D eigenvalue weighted by atomic mass is 15.1. The van der Waals surface area contributed by atoms with Gasteiger partial charge < -0.3 is 9.80 Å². The van der Waals surface area contributed by atoms with E-state index in [4.69, 9.17) is 0 Å². The zero-order chi connectivity index (χ0) is 45.5. The summed E-state index contributed by atoms with van der Waals surface area (Å²) in [5, 5.41) is 0. The highest BCUT2D eigenvalue weighted by molar-refractivity contribution is 5.79. The highest BCUT2D eigenvalue weighted by Gasteiger charge is 2.36. The van der Waals surface area contributed by atoms with Gasteiger partial charge in [0.25, 0.3) is 0 Å². The van der Waals surface area contributed by atoms with Gasteiger partial charge in [0, 0.05) is 39.5 Å². The molecule has 0 saturated heterocycles. The molecule has 0 unspecified atom stereocenters. The number of benzene rings is 6. The van der Waals surface area contributed by atoms with Crippen molar-refractivity contribution < 1.29 is 0 Å². The molecule has 0 atom stereocenters. The normalized spacial score (nSPS) is 19.9. The molecule has 0 amide bonds. The Hall–Kier alpha value is -5.08. The van der Waals surface area contributed by atoms with Crippen molar-refractivity contribution in [2.45, 2.75) is 190 Å². The minimum atomic E-state index is -0.00391. The molecule has 0 heterocycles. The molecule has 11 rings (SSSR count). The average molecular weight is 899 g/mol. The zero-order valence-electron chi connectivity index (χ0n) is 41.2.